The zero-order valence-electron chi connectivity index (χ0n) is 23.7. The van der Waals surface area contributed by atoms with Gasteiger partial charge in [0.05, 0.1) is 38.1 Å². The molecule has 208 valence electrons. The summed E-state index contributed by atoms with van der Waals surface area (Å²) in [7, 11) is 1.69. The molecule has 4 rings (SSSR count). The average Bonchev–Trinajstić information content (AvgIpc) is 2.97. The summed E-state index contributed by atoms with van der Waals surface area (Å²) in [5, 5.41) is 0. The highest BCUT2D eigenvalue weighted by Gasteiger charge is 2.32. The second-order valence-corrected chi connectivity index (χ2v) is 10.3. The molecule has 1 aliphatic carbocycles. The molecule has 7 nitrogen and oxygen atoms in total. The lowest BCUT2D eigenvalue weighted by atomic mass is 9.81. The van der Waals surface area contributed by atoms with Crippen molar-refractivity contribution in [2.75, 3.05) is 31.8 Å². The van der Waals surface area contributed by atoms with Crippen molar-refractivity contribution in [1.29, 1.82) is 0 Å². The number of hydrogen-bond acceptors (Lipinski definition) is 6. The predicted molar refractivity (Wildman–Crippen MR) is 154 cm³/mol. The lowest BCUT2D eigenvalue weighted by Gasteiger charge is -2.31. The molecule has 7 heteroatoms. The lowest BCUT2D eigenvalue weighted by molar-refractivity contribution is -0.120. The molecule has 1 atom stereocenters. The Morgan fingerprint density at radius 2 is 1.92 bits per heavy atom. The fraction of sp³-hybridized carbons (Fsp3) is 0.469. The van der Waals surface area contributed by atoms with Crippen molar-refractivity contribution in [3.63, 3.8) is 0 Å². The van der Waals surface area contributed by atoms with E-state index < -0.39 is 0 Å². The maximum absolute atomic E-state index is 14.2. The molecule has 0 fully saturated rings. The number of unbranched alkanes of at least 4 members (excludes halogenated alkanes) is 1. The highest BCUT2D eigenvalue weighted by molar-refractivity contribution is 5.98. The number of hydrogen-bond donors (Lipinski definition) is 0. The van der Waals surface area contributed by atoms with Crippen LogP contribution in [0.5, 0.6) is 11.6 Å². The number of carbonyl (C=O) groups excluding carboxylic acids is 1. The highest BCUT2D eigenvalue weighted by atomic mass is 16.5. The molecular weight excluding hydrogens is 490 g/mol. The molecule has 0 saturated carbocycles. The van der Waals surface area contributed by atoms with Crippen molar-refractivity contribution in [2.45, 2.75) is 71.3 Å². The minimum absolute atomic E-state index is 0.0628. The summed E-state index contributed by atoms with van der Waals surface area (Å²) < 4.78 is 16.9. The zero-order chi connectivity index (χ0) is 27.6. The van der Waals surface area contributed by atoms with E-state index in [9.17, 15) is 4.79 Å². The van der Waals surface area contributed by atoms with E-state index in [1.54, 1.807) is 13.3 Å². The van der Waals surface area contributed by atoms with E-state index in [1.807, 2.05) is 47.5 Å². The molecule has 39 heavy (non-hydrogen) atoms. The third kappa shape index (κ3) is 7.35. The van der Waals surface area contributed by atoms with E-state index in [4.69, 9.17) is 14.2 Å². The number of anilines is 1. The van der Waals surface area contributed by atoms with Gasteiger partial charge in [0.15, 0.2) is 0 Å². The summed E-state index contributed by atoms with van der Waals surface area (Å²) in [6.45, 7) is 8.51. The SMILES string of the molecule is CCCCOCCOc1ccc(CN(C(=O)C2CCCc3c(OC)cccc32)c2ccc(C(C)C)nc2)cn1. The van der Waals surface area contributed by atoms with Crippen LogP contribution in [0.15, 0.2) is 54.9 Å². The second kappa shape index (κ2) is 14.1. The third-order valence-electron chi connectivity index (χ3n) is 7.18. The molecule has 0 N–H and O–H groups in total. The maximum Gasteiger partial charge on any atom is 0.234 e. The van der Waals surface area contributed by atoms with Crippen molar-refractivity contribution < 1.29 is 19.0 Å². The minimum atomic E-state index is -0.239. The van der Waals surface area contributed by atoms with Gasteiger partial charge in [-0.1, -0.05) is 45.4 Å². The summed E-state index contributed by atoms with van der Waals surface area (Å²) in [5.74, 6) is 1.54. The van der Waals surface area contributed by atoms with Gasteiger partial charge in [0.2, 0.25) is 11.8 Å². The minimum Gasteiger partial charge on any atom is -0.496 e. The standard InChI is InChI=1S/C32H41N3O4/c1-5-6-17-38-18-19-39-31-16-13-24(20-34-31)22-35(25-14-15-29(23(2)3)33-21-25)32(36)28-11-7-10-27-26(28)9-8-12-30(27)37-4/h8-9,12-16,20-21,23,28H,5-7,10-11,17-19,22H2,1-4H3. The number of pyridine rings is 2. The van der Waals surface area contributed by atoms with Gasteiger partial charge in [0.1, 0.15) is 12.4 Å². The number of ether oxygens (including phenoxy) is 3. The fourth-order valence-corrected chi connectivity index (χ4v) is 4.97. The van der Waals surface area contributed by atoms with Crippen molar-refractivity contribution >= 4 is 11.6 Å². The van der Waals surface area contributed by atoms with E-state index in [2.05, 4.69) is 36.8 Å². The first-order valence-electron chi connectivity index (χ1n) is 14.1. The van der Waals surface area contributed by atoms with Crippen molar-refractivity contribution in [2.24, 2.45) is 0 Å². The van der Waals surface area contributed by atoms with Gasteiger partial charge in [-0.15, -0.1) is 0 Å². The van der Waals surface area contributed by atoms with Gasteiger partial charge in [-0.3, -0.25) is 9.78 Å². The summed E-state index contributed by atoms with van der Waals surface area (Å²) >= 11 is 0. The summed E-state index contributed by atoms with van der Waals surface area (Å²) in [5.41, 5.74) is 4.90. The number of fused-ring (bicyclic) bond motifs is 1. The lowest BCUT2D eigenvalue weighted by Crippen LogP contribution is -2.36. The molecule has 3 aromatic rings. The van der Waals surface area contributed by atoms with Crippen molar-refractivity contribution in [3.8, 4) is 11.6 Å². The number of aromatic nitrogens is 2. The van der Waals surface area contributed by atoms with Crippen LogP contribution < -0.4 is 14.4 Å². The summed E-state index contributed by atoms with van der Waals surface area (Å²) in [6, 6.07) is 13.8. The summed E-state index contributed by atoms with van der Waals surface area (Å²) in [6.07, 6.45) is 8.42. The van der Waals surface area contributed by atoms with Crippen LogP contribution in [0, 0.1) is 0 Å². The largest absolute Gasteiger partial charge is 0.496 e. The van der Waals surface area contributed by atoms with Crippen LogP contribution in [-0.4, -0.2) is 42.8 Å². The van der Waals surface area contributed by atoms with E-state index in [1.165, 1.54) is 0 Å². The Morgan fingerprint density at radius 1 is 1.05 bits per heavy atom. The molecule has 1 aromatic carbocycles. The van der Waals surface area contributed by atoms with Gasteiger partial charge in [0.25, 0.3) is 0 Å². The topological polar surface area (TPSA) is 73.8 Å². The predicted octanol–water partition coefficient (Wildman–Crippen LogP) is 6.46. The Bertz CT molecular complexity index is 1200. The Labute approximate surface area is 232 Å². The smallest absolute Gasteiger partial charge is 0.234 e. The maximum atomic E-state index is 14.2. The van der Waals surface area contributed by atoms with Crippen LogP contribution in [0.4, 0.5) is 5.69 Å². The number of rotatable bonds is 13. The highest BCUT2D eigenvalue weighted by Crippen LogP contribution is 2.38. The van der Waals surface area contributed by atoms with Gasteiger partial charge in [-0.2, -0.15) is 0 Å². The van der Waals surface area contributed by atoms with Crippen molar-refractivity contribution in [1.82, 2.24) is 9.97 Å². The number of methoxy groups -OCH3 is 1. The van der Waals surface area contributed by atoms with Crippen LogP contribution in [0.3, 0.4) is 0 Å². The molecule has 0 saturated heterocycles. The first-order chi connectivity index (χ1) is 19.0. The zero-order valence-corrected chi connectivity index (χ0v) is 23.7. The van der Waals surface area contributed by atoms with Gasteiger partial charge >= 0.3 is 0 Å². The van der Waals surface area contributed by atoms with Crippen LogP contribution in [0.1, 0.15) is 80.7 Å². The van der Waals surface area contributed by atoms with E-state index in [0.717, 1.165) is 72.5 Å². The molecule has 0 bridgehead atoms. The Hall–Kier alpha value is -3.45. The van der Waals surface area contributed by atoms with Crippen molar-refractivity contribution in [3.05, 3.63) is 77.2 Å². The van der Waals surface area contributed by atoms with Crippen LogP contribution in [0.25, 0.3) is 0 Å². The van der Waals surface area contributed by atoms with Gasteiger partial charge < -0.3 is 19.1 Å². The summed E-state index contributed by atoms with van der Waals surface area (Å²) in [4.78, 5) is 25.2. The Kier molecular flexibility index (Phi) is 10.3. The normalized spacial score (nSPS) is 14.6. The van der Waals surface area contributed by atoms with Crippen LogP contribution in [0.2, 0.25) is 0 Å². The first kappa shape index (κ1) is 28.6. The molecule has 0 aliphatic heterocycles. The third-order valence-corrected chi connectivity index (χ3v) is 7.18. The fourth-order valence-electron chi connectivity index (χ4n) is 4.97. The first-order valence-corrected chi connectivity index (χ1v) is 14.1. The van der Waals surface area contributed by atoms with Gasteiger partial charge in [0, 0.05) is 24.6 Å². The Morgan fingerprint density at radius 3 is 2.62 bits per heavy atom. The molecule has 1 unspecified atom stereocenters. The number of carbonyl (C=O) groups is 1. The Balaban J connectivity index is 1.53. The van der Waals surface area contributed by atoms with E-state index >= 15 is 0 Å². The monoisotopic (exact) mass is 531 g/mol. The number of nitrogens with zero attached hydrogens (tertiary/aromatic N) is 3. The molecule has 0 spiro atoms. The molecular formula is C32H41N3O4. The van der Waals surface area contributed by atoms with Crippen LogP contribution in [-0.2, 0) is 22.5 Å². The van der Waals surface area contributed by atoms with Gasteiger partial charge in [-0.25, -0.2) is 4.98 Å². The van der Waals surface area contributed by atoms with E-state index in [-0.39, 0.29) is 11.8 Å². The molecule has 1 aliphatic rings. The van der Waals surface area contributed by atoms with Gasteiger partial charge in [-0.05, 0) is 66.5 Å². The molecule has 1 amide bonds. The van der Waals surface area contributed by atoms with Crippen LogP contribution >= 0.6 is 0 Å². The van der Waals surface area contributed by atoms with E-state index in [0.29, 0.717) is 31.6 Å². The molecule has 2 aromatic heterocycles. The molecule has 2 heterocycles. The average molecular weight is 532 g/mol. The number of amides is 1. The number of benzene rings is 1. The second-order valence-electron chi connectivity index (χ2n) is 10.3. The molecule has 0 radical (unpaired) electrons. The quantitative estimate of drug-likeness (QED) is 0.236.